The molecular formula is C10H12N2O2. The number of carbonyl (C=O) groups is 1. The van der Waals surface area contributed by atoms with E-state index in [2.05, 4.69) is 10.2 Å². The van der Waals surface area contributed by atoms with Crippen molar-refractivity contribution < 1.29 is 9.53 Å². The van der Waals surface area contributed by atoms with Gasteiger partial charge in [0.1, 0.15) is 0 Å². The second-order valence-corrected chi connectivity index (χ2v) is 3.99. The molecule has 4 nitrogen and oxygen atoms in total. The Bertz CT molecular complexity index is 397. The van der Waals surface area contributed by atoms with Gasteiger partial charge in [-0.2, -0.15) is 5.10 Å². The van der Waals surface area contributed by atoms with E-state index < -0.39 is 0 Å². The van der Waals surface area contributed by atoms with Gasteiger partial charge in [0.25, 0.3) is 0 Å². The number of carbonyl (C=O) groups excluding carboxylic acids is 1. The maximum Gasteiger partial charge on any atom is 0.359 e. The van der Waals surface area contributed by atoms with Gasteiger partial charge in [0.05, 0.1) is 6.61 Å². The average Bonchev–Trinajstić information content (AvgIpc) is 2.65. The van der Waals surface area contributed by atoms with Crippen LogP contribution < -0.4 is 0 Å². The molecule has 3 rings (SSSR count). The third-order valence-electron chi connectivity index (χ3n) is 3.11. The third-order valence-corrected chi connectivity index (χ3v) is 3.11. The summed E-state index contributed by atoms with van der Waals surface area (Å²) in [5.74, 6) is 1.08. The van der Waals surface area contributed by atoms with Gasteiger partial charge in [-0.1, -0.05) is 0 Å². The largest absolute Gasteiger partial charge is 0.461 e. The number of ether oxygens (including phenoxy) is 1. The number of nitrogens with zero attached hydrogens (tertiary/aromatic N) is 1. The van der Waals surface area contributed by atoms with E-state index in [4.69, 9.17) is 4.74 Å². The van der Waals surface area contributed by atoms with Gasteiger partial charge >= 0.3 is 5.97 Å². The summed E-state index contributed by atoms with van der Waals surface area (Å²) in [6.07, 6.45) is 2.28. The summed E-state index contributed by atoms with van der Waals surface area (Å²) in [4.78, 5) is 11.5. The van der Waals surface area contributed by atoms with Crippen LogP contribution in [0.4, 0.5) is 0 Å². The summed E-state index contributed by atoms with van der Waals surface area (Å²) >= 11 is 0. The monoisotopic (exact) mass is 192 g/mol. The molecule has 2 aliphatic carbocycles. The van der Waals surface area contributed by atoms with Crippen LogP contribution in [0, 0.1) is 5.92 Å². The number of nitrogens with one attached hydrogen (secondary N) is 1. The maximum atomic E-state index is 11.5. The van der Waals surface area contributed by atoms with Crippen molar-refractivity contribution in [3.8, 4) is 0 Å². The Kier molecular flexibility index (Phi) is 1.48. The number of fused-ring (bicyclic) bond motifs is 3. The van der Waals surface area contributed by atoms with Crippen molar-refractivity contribution >= 4 is 5.97 Å². The van der Waals surface area contributed by atoms with E-state index in [9.17, 15) is 4.79 Å². The highest BCUT2D eigenvalue weighted by Crippen LogP contribution is 2.56. The summed E-state index contributed by atoms with van der Waals surface area (Å²) < 4.78 is 4.96. The second-order valence-electron chi connectivity index (χ2n) is 3.99. The quantitative estimate of drug-likeness (QED) is 0.717. The molecule has 2 aliphatic rings. The second kappa shape index (κ2) is 2.59. The number of esters is 1. The van der Waals surface area contributed by atoms with Gasteiger partial charge in [0.2, 0.25) is 0 Å². The van der Waals surface area contributed by atoms with Crippen LogP contribution in [0.1, 0.15) is 41.0 Å². The van der Waals surface area contributed by atoms with Crippen molar-refractivity contribution in [1.29, 1.82) is 0 Å². The Labute approximate surface area is 81.6 Å². The lowest BCUT2D eigenvalue weighted by Gasteiger charge is -1.99. The molecule has 1 heterocycles. The number of hydrogen-bond donors (Lipinski definition) is 1. The molecule has 1 aromatic rings. The zero-order chi connectivity index (χ0) is 9.71. The van der Waals surface area contributed by atoms with Crippen LogP contribution in [0.5, 0.6) is 0 Å². The fraction of sp³-hybridized carbons (Fsp3) is 0.600. The average molecular weight is 192 g/mol. The van der Waals surface area contributed by atoms with E-state index in [-0.39, 0.29) is 5.97 Å². The zero-order valence-electron chi connectivity index (χ0n) is 8.04. The first-order valence-corrected chi connectivity index (χ1v) is 5.05. The van der Waals surface area contributed by atoms with Gasteiger partial charge in [-0.05, 0) is 31.6 Å². The van der Waals surface area contributed by atoms with Gasteiger partial charge in [-0.3, -0.25) is 5.10 Å². The van der Waals surface area contributed by atoms with Crippen LogP contribution in [0.3, 0.4) is 0 Å². The van der Waals surface area contributed by atoms with Crippen molar-refractivity contribution in [3.63, 3.8) is 0 Å². The molecule has 0 aromatic carbocycles. The molecule has 0 bridgehead atoms. The van der Waals surface area contributed by atoms with Gasteiger partial charge in [0.15, 0.2) is 5.69 Å². The van der Waals surface area contributed by atoms with E-state index in [0.29, 0.717) is 18.2 Å². The fourth-order valence-electron chi connectivity index (χ4n) is 2.39. The van der Waals surface area contributed by atoms with E-state index >= 15 is 0 Å². The van der Waals surface area contributed by atoms with E-state index in [0.717, 1.165) is 23.6 Å². The Morgan fingerprint density at radius 3 is 3.36 bits per heavy atom. The van der Waals surface area contributed by atoms with E-state index in [1.807, 2.05) is 6.92 Å². The predicted octanol–water partition coefficient (Wildman–Crippen LogP) is 1.25. The van der Waals surface area contributed by atoms with Gasteiger partial charge in [0, 0.05) is 11.3 Å². The first kappa shape index (κ1) is 8.03. The predicted molar refractivity (Wildman–Crippen MR) is 49.1 cm³/mol. The molecular weight excluding hydrogens is 180 g/mol. The van der Waals surface area contributed by atoms with Crippen LogP contribution in [0.25, 0.3) is 0 Å². The number of rotatable bonds is 2. The lowest BCUT2D eigenvalue weighted by Crippen LogP contribution is -2.07. The number of aromatic amines is 1. The van der Waals surface area contributed by atoms with E-state index in [1.54, 1.807) is 0 Å². The van der Waals surface area contributed by atoms with Crippen molar-refractivity contribution in [2.24, 2.45) is 5.92 Å². The third kappa shape index (κ3) is 0.937. The normalized spacial score (nSPS) is 26.9. The molecule has 0 aliphatic heterocycles. The SMILES string of the molecule is CCOC(=O)c1n[nH]c2c1[C@@H]1C[C@@H]1C2. The summed E-state index contributed by atoms with van der Waals surface area (Å²) in [6, 6.07) is 0. The molecule has 0 saturated heterocycles. The molecule has 2 atom stereocenters. The smallest absolute Gasteiger partial charge is 0.359 e. The molecule has 14 heavy (non-hydrogen) atoms. The van der Waals surface area contributed by atoms with Crippen LogP contribution in [0.15, 0.2) is 0 Å². The highest BCUT2D eigenvalue weighted by Gasteiger charge is 2.49. The van der Waals surface area contributed by atoms with Crippen molar-refractivity contribution in [2.45, 2.75) is 25.7 Å². The molecule has 1 N–H and O–H groups in total. The molecule has 1 saturated carbocycles. The van der Waals surface area contributed by atoms with Crippen LogP contribution in [0.2, 0.25) is 0 Å². The number of H-pyrrole nitrogens is 1. The Morgan fingerprint density at radius 2 is 2.57 bits per heavy atom. The first-order valence-electron chi connectivity index (χ1n) is 5.05. The summed E-state index contributed by atoms with van der Waals surface area (Å²) in [7, 11) is 0. The molecule has 0 radical (unpaired) electrons. The van der Waals surface area contributed by atoms with Gasteiger partial charge in [-0.25, -0.2) is 4.79 Å². The van der Waals surface area contributed by atoms with Gasteiger partial charge in [-0.15, -0.1) is 0 Å². The highest BCUT2D eigenvalue weighted by atomic mass is 16.5. The molecule has 0 spiro atoms. The topological polar surface area (TPSA) is 55.0 Å². The number of hydrogen-bond acceptors (Lipinski definition) is 3. The molecule has 0 unspecified atom stereocenters. The Hall–Kier alpha value is -1.32. The number of aromatic nitrogens is 2. The minimum Gasteiger partial charge on any atom is -0.461 e. The van der Waals surface area contributed by atoms with Crippen LogP contribution >= 0.6 is 0 Å². The maximum absolute atomic E-state index is 11.5. The van der Waals surface area contributed by atoms with Crippen molar-refractivity contribution in [1.82, 2.24) is 10.2 Å². The van der Waals surface area contributed by atoms with Crippen LogP contribution in [-0.2, 0) is 11.2 Å². The highest BCUT2D eigenvalue weighted by molar-refractivity contribution is 5.90. The molecule has 1 aromatic heterocycles. The van der Waals surface area contributed by atoms with Crippen molar-refractivity contribution in [3.05, 3.63) is 17.0 Å². The molecule has 4 heteroatoms. The van der Waals surface area contributed by atoms with E-state index in [1.165, 1.54) is 6.42 Å². The Morgan fingerprint density at radius 1 is 1.71 bits per heavy atom. The minimum atomic E-state index is -0.280. The summed E-state index contributed by atoms with van der Waals surface area (Å²) in [5.41, 5.74) is 2.80. The first-order chi connectivity index (χ1) is 6.81. The lowest BCUT2D eigenvalue weighted by atomic mass is 10.1. The molecule has 74 valence electrons. The summed E-state index contributed by atoms with van der Waals surface area (Å²) in [5, 5.41) is 6.97. The lowest BCUT2D eigenvalue weighted by molar-refractivity contribution is 0.0518. The fourth-order valence-corrected chi connectivity index (χ4v) is 2.39. The zero-order valence-corrected chi connectivity index (χ0v) is 8.04. The molecule has 1 fully saturated rings. The minimum absolute atomic E-state index is 0.280. The van der Waals surface area contributed by atoms with Crippen LogP contribution in [-0.4, -0.2) is 22.8 Å². The van der Waals surface area contributed by atoms with Crippen molar-refractivity contribution in [2.75, 3.05) is 6.61 Å². The standard InChI is InChI=1S/C10H12N2O2/c1-2-14-10(13)9-8-6-3-5(6)4-7(8)11-12-9/h5-6H,2-4H2,1H3,(H,11,12)/t5-,6-/m1/s1. The Balaban J connectivity index is 1.95. The summed E-state index contributed by atoms with van der Waals surface area (Å²) in [6.45, 7) is 2.22. The molecule has 0 amide bonds. The van der Waals surface area contributed by atoms with Gasteiger partial charge < -0.3 is 4.74 Å².